The van der Waals surface area contributed by atoms with Crippen LogP contribution in [0.5, 0.6) is 0 Å². The fraction of sp³-hybridized carbons (Fsp3) is 0.375. The molecule has 4 nitrogen and oxygen atoms in total. The third-order valence-corrected chi connectivity index (χ3v) is 4.80. The van der Waals surface area contributed by atoms with Crippen molar-refractivity contribution >= 4 is 33.3 Å². The highest BCUT2D eigenvalue weighted by Crippen LogP contribution is 2.31. The summed E-state index contributed by atoms with van der Waals surface area (Å²) >= 11 is 1.54. The standard InChI is InChI=1S/C16H17NO3S/c1-16(2)8-12(15(19)20-16)17(3)14(18)11-9-21-13-7-5-4-6-10(11)13/h4-7,9,12H,8H2,1-3H3/t12-/m1/s1. The zero-order chi connectivity index (χ0) is 15.2. The summed E-state index contributed by atoms with van der Waals surface area (Å²) in [7, 11) is 1.67. The number of carbonyl (C=O) groups is 2. The zero-order valence-corrected chi connectivity index (χ0v) is 13.1. The van der Waals surface area contributed by atoms with E-state index in [9.17, 15) is 9.59 Å². The highest BCUT2D eigenvalue weighted by atomic mass is 32.1. The third-order valence-electron chi connectivity index (χ3n) is 3.83. The highest BCUT2D eigenvalue weighted by Gasteiger charge is 2.43. The lowest BCUT2D eigenvalue weighted by Crippen LogP contribution is -2.40. The minimum Gasteiger partial charge on any atom is -0.458 e. The Labute approximate surface area is 127 Å². The van der Waals surface area contributed by atoms with Crippen LogP contribution in [0.4, 0.5) is 0 Å². The third kappa shape index (κ3) is 2.42. The molecule has 1 fully saturated rings. The van der Waals surface area contributed by atoms with Crippen LogP contribution in [0.15, 0.2) is 29.6 Å². The van der Waals surface area contributed by atoms with Gasteiger partial charge in [-0.3, -0.25) is 4.79 Å². The maximum absolute atomic E-state index is 12.7. The molecule has 1 aromatic heterocycles. The maximum Gasteiger partial charge on any atom is 0.329 e. The van der Waals surface area contributed by atoms with Gasteiger partial charge in [-0.1, -0.05) is 18.2 Å². The molecule has 3 rings (SSSR count). The van der Waals surface area contributed by atoms with E-state index in [0.717, 1.165) is 10.1 Å². The SMILES string of the molecule is CN(C(=O)c1csc2ccccc12)[C@@H]1CC(C)(C)OC1=O. The second kappa shape index (κ2) is 4.84. The Morgan fingerprint density at radius 2 is 2.10 bits per heavy atom. The lowest BCUT2D eigenvalue weighted by Gasteiger charge is -2.22. The summed E-state index contributed by atoms with van der Waals surface area (Å²) < 4.78 is 6.38. The molecule has 0 bridgehead atoms. The Hall–Kier alpha value is -1.88. The number of amides is 1. The van der Waals surface area contributed by atoms with E-state index in [4.69, 9.17) is 4.74 Å². The fourth-order valence-corrected chi connectivity index (χ4v) is 3.64. The normalized spacial score (nSPS) is 20.5. The second-order valence-corrected chi connectivity index (χ2v) is 6.87. The molecule has 0 radical (unpaired) electrons. The second-order valence-electron chi connectivity index (χ2n) is 5.96. The van der Waals surface area contributed by atoms with E-state index in [1.54, 1.807) is 7.05 Å². The van der Waals surface area contributed by atoms with Crippen molar-refractivity contribution in [1.29, 1.82) is 0 Å². The number of ether oxygens (including phenoxy) is 1. The molecule has 0 saturated carbocycles. The van der Waals surface area contributed by atoms with Gasteiger partial charge in [0.05, 0.1) is 5.56 Å². The van der Waals surface area contributed by atoms with Crippen molar-refractivity contribution < 1.29 is 14.3 Å². The predicted octanol–water partition coefficient (Wildman–Crippen LogP) is 3.07. The summed E-state index contributed by atoms with van der Waals surface area (Å²) in [5.74, 6) is -0.456. The van der Waals surface area contributed by atoms with E-state index in [2.05, 4.69) is 0 Å². The van der Waals surface area contributed by atoms with Gasteiger partial charge in [0.1, 0.15) is 11.6 Å². The van der Waals surface area contributed by atoms with Crippen molar-refractivity contribution in [2.45, 2.75) is 31.9 Å². The van der Waals surface area contributed by atoms with Crippen molar-refractivity contribution in [3.05, 3.63) is 35.2 Å². The van der Waals surface area contributed by atoms with Gasteiger partial charge in [0.25, 0.3) is 5.91 Å². The van der Waals surface area contributed by atoms with Crippen molar-refractivity contribution in [2.75, 3.05) is 7.05 Å². The van der Waals surface area contributed by atoms with Crippen LogP contribution >= 0.6 is 11.3 Å². The molecule has 110 valence electrons. The van der Waals surface area contributed by atoms with Gasteiger partial charge in [0.15, 0.2) is 0 Å². The van der Waals surface area contributed by atoms with Gasteiger partial charge in [-0.2, -0.15) is 0 Å². The van der Waals surface area contributed by atoms with Crippen LogP contribution in [0.1, 0.15) is 30.6 Å². The summed E-state index contributed by atoms with van der Waals surface area (Å²) in [6, 6.07) is 7.28. The number of hydrogen-bond donors (Lipinski definition) is 0. The quantitative estimate of drug-likeness (QED) is 0.801. The number of esters is 1. The van der Waals surface area contributed by atoms with Gasteiger partial charge in [-0.15, -0.1) is 11.3 Å². The maximum atomic E-state index is 12.7. The Kier molecular flexibility index (Phi) is 3.24. The van der Waals surface area contributed by atoms with Gasteiger partial charge >= 0.3 is 5.97 Å². The molecule has 2 aromatic rings. The number of thiophene rings is 1. The van der Waals surface area contributed by atoms with E-state index >= 15 is 0 Å². The first kappa shape index (κ1) is 14.1. The van der Waals surface area contributed by atoms with Crippen molar-refractivity contribution in [3.63, 3.8) is 0 Å². The molecule has 0 N–H and O–H groups in total. The molecular formula is C16H17NO3S. The summed E-state index contributed by atoms with van der Waals surface area (Å²) in [5, 5.41) is 2.79. The molecule has 2 heterocycles. The molecule has 0 aliphatic carbocycles. The first-order chi connectivity index (χ1) is 9.89. The lowest BCUT2D eigenvalue weighted by molar-refractivity contribution is -0.148. The molecule has 21 heavy (non-hydrogen) atoms. The average molecular weight is 303 g/mol. The van der Waals surface area contributed by atoms with Gasteiger partial charge in [-0.05, 0) is 19.9 Å². The van der Waals surface area contributed by atoms with Gasteiger partial charge in [0, 0.05) is 28.9 Å². The van der Waals surface area contributed by atoms with Crippen LogP contribution in [0.25, 0.3) is 10.1 Å². The minimum atomic E-state index is -0.508. The zero-order valence-electron chi connectivity index (χ0n) is 12.3. The van der Waals surface area contributed by atoms with E-state index in [1.807, 2.05) is 43.5 Å². The molecule has 1 aliphatic heterocycles. The molecule has 0 spiro atoms. The first-order valence-corrected chi connectivity index (χ1v) is 7.73. The van der Waals surface area contributed by atoms with Crippen LogP contribution < -0.4 is 0 Å². The van der Waals surface area contributed by atoms with E-state index in [0.29, 0.717) is 12.0 Å². The topological polar surface area (TPSA) is 46.6 Å². The van der Waals surface area contributed by atoms with Crippen molar-refractivity contribution in [1.82, 2.24) is 4.90 Å². The van der Waals surface area contributed by atoms with E-state index in [1.165, 1.54) is 16.2 Å². The van der Waals surface area contributed by atoms with E-state index < -0.39 is 11.6 Å². The number of benzene rings is 1. The van der Waals surface area contributed by atoms with E-state index in [-0.39, 0.29) is 11.9 Å². The van der Waals surface area contributed by atoms with Crippen LogP contribution in [-0.2, 0) is 9.53 Å². The van der Waals surface area contributed by atoms with Gasteiger partial charge in [-0.25, -0.2) is 4.79 Å². The highest BCUT2D eigenvalue weighted by molar-refractivity contribution is 7.17. The Morgan fingerprint density at radius 1 is 1.38 bits per heavy atom. The van der Waals surface area contributed by atoms with Crippen LogP contribution in [0.2, 0.25) is 0 Å². The van der Waals surface area contributed by atoms with Crippen LogP contribution in [0, 0.1) is 0 Å². The monoisotopic (exact) mass is 303 g/mol. The van der Waals surface area contributed by atoms with Crippen LogP contribution in [-0.4, -0.2) is 35.5 Å². The number of likely N-dealkylation sites (N-methyl/N-ethyl adjacent to an activating group) is 1. The van der Waals surface area contributed by atoms with Gasteiger partial charge < -0.3 is 9.64 Å². The summed E-state index contributed by atoms with van der Waals surface area (Å²) in [5.41, 5.74) is 0.142. The summed E-state index contributed by atoms with van der Waals surface area (Å²) in [4.78, 5) is 26.1. The Morgan fingerprint density at radius 3 is 2.76 bits per heavy atom. The largest absolute Gasteiger partial charge is 0.458 e. The average Bonchev–Trinajstić information content (AvgIpc) is 2.97. The minimum absolute atomic E-state index is 0.132. The Balaban J connectivity index is 1.90. The molecule has 1 aromatic carbocycles. The number of nitrogens with zero attached hydrogens (tertiary/aromatic N) is 1. The van der Waals surface area contributed by atoms with Crippen molar-refractivity contribution in [3.8, 4) is 0 Å². The number of carbonyl (C=O) groups excluding carboxylic acids is 2. The number of hydrogen-bond acceptors (Lipinski definition) is 4. The molecule has 1 atom stereocenters. The molecule has 1 saturated heterocycles. The first-order valence-electron chi connectivity index (χ1n) is 6.85. The van der Waals surface area contributed by atoms with Crippen LogP contribution in [0.3, 0.4) is 0 Å². The molecule has 5 heteroatoms. The summed E-state index contributed by atoms with van der Waals surface area (Å²) in [6.45, 7) is 3.73. The number of rotatable bonds is 2. The van der Waals surface area contributed by atoms with Crippen molar-refractivity contribution in [2.24, 2.45) is 0 Å². The summed E-state index contributed by atoms with van der Waals surface area (Å²) in [6.07, 6.45) is 0.524. The van der Waals surface area contributed by atoms with Gasteiger partial charge in [0.2, 0.25) is 0 Å². The fourth-order valence-electron chi connectivity index (χ4n) is 2.70. The molecule has 1 aliphatic rings. The number of cyclic esters (lactones) is 1. The predicted molar refractivity (Wildman–Crippen MR) is 82.5 cm³/mol. The number of fused-ring (bicyclic) bond motifs is 1. The molecular weight excluding hydrogens is 286 g/mol. The smallest absolute Gasteiger partial charge is 0.329 e. The Bertz CT molecular complexity index is 719. The molecule has 1 amide bonds. The lowest BCUT2D eigenvalue weighted by atomic mass is 10.0. The molecule has 0 unspecified atom stereocenters.